The molecule has 0 aliphatic rings. The fourth-order valence-electron chi connectivity index (χ4n) is 2.98. The number of methoxy groups -OCH3 is 1. The predicted octanol–water partition coefficient (Wildman–Crippen LogP) is 5.69. The van der Waals surface area contributed by atoms with E-state index in [2.05, 4.69) is 5.32 Å². The normalized spacial score (nSPS) is 10.8. The van der Waals surface area contributed by atoms with Crippen LogP contribution in [-0.4, -0.2) is 17.9 Å². The number of hydrogen-bond donors (Lipinski definition) is 1. The summed E-state index contributed by atoms with van der Waals surface area (Å²) in [7, 11) is 1.50. The smallest absolute Gasteiger partial charge is 0.269 e. The molecule has 0 heterocycles. The van der Waals surface area contributed by atoms with Crippen LogP contribution in [0, 0.1) is 28.4 Å². The Morgan fingerprint density at radius 2 is 2.00 bits per heavy atom. The molecule has 0 aliphatic heterocycles. The van der Waals surface area contributed by atoms with Gasteiger partial charge < -0.3 is 14.8 Å². The molecular formula is C25H20ClN3O5. The maximum Gasteiger partial charge on any atom is 0.269 e. The number of aryl methyl sites for hydroxylation is 1. The standard InChI is InChI=1S/C25H20ClN3O5/c1-16-6-8-20(12-23(16)26)28-25(30)19(14-27)11-18-7-9-22(33-2)13-24(18)34-15-17-4-3-5-21(10-17)29(31)32/h3-13H,15H2,1-2H3,(H,28,30)/b19-11+. The highest BCUT2D eigenvalue weighted by molar-refractivity contribution is 6.31. The molecule has 0 bridgehead atoms. The number of nitro groups is 1. The van der Waals surface area contributed by atoms with E-state index < -0.39 is 10.8 Å². The summed E-state index contributed by atoms with van der Waals surface area (Å²) in [5.74, 6) is 0.233. The molecule has 34 heavy (non-hydrogen) atoms. The second kappa shape index (κ2) is 11.0. The van der Waals surface area contributed by atoms with Crippen molar-refractivity contribution < 1.29 is 19.2 Å². The molecule has 0 saturated heterocycles. The fourth-order valence-corrected chi connectivity index (χ4v) is 3.16. The van der Waals surface area contributed by atoms with Crippen molar-refractivity contribution in [1.29, 1.82) is 5.26 Å². The molecule has 0 unspecified atom stereocenters. The number of amides is 1. The van der Waals surface area contributed by atoms with Crippen molar-refractivity contribution in [2.75, 3.05) is 12.4 Å². The lowest BCUT2D eigenvalue weighted by Gasteiger charge is -2.12. The molecule has 0 spiro atoms. The lowest BCUT2D eigenvalue weighted by Crippen LogP contribution is -2.13. The first kappa shape index (κ1) is 24.3. The number of benzene rings is 3. The topological polar surface area (TPSA) is 114 Å². The Morgan fingerprint density at radius 3 is 2.68 bits per heavy atom. The average molecular weight is 478 g/mol. The van der Waals surface area contributed by atoms with Crippen LogP contribution in [0.15, 0.2) is 66.2 Å². The first-order chi connectivity index (χ1) is 16.3. The molecule has 172 valence electrons. The van der Waals surface area contributed by atoms with Crippen molar-refractivity contribution in [2.45, 2.75) is 13.5 Å². The quantitative estimate of drug-likeness (QED) is 0.193. The zero-order chi connectivity index (χ0) is 24.7. The Hall–Kier alpha value is -4.35. The number of nitro benzene ring substituents is 1. The molecular weight excluding hydrogens is 458 g/mol. The number of anilines is 1. The minimum absolute atomic E-state index is 0.0334. The van der Waals surface area contributed by atoms with E-state index in [1.807, 2.05) is 13.0 Å². The largest absolute Gasteiger partial charge is 0.497 e. The van der Waals surface area contributed by atoms with E-state index in [0.717, 1.165) is 5.56 Å². The first-order valence-corrected chi connectivity index (χ1v) is 10.4. The molecule has 8 nitrogen and oxygen atoms in total. The van der Waals surface area contributed by atoms with Gasteiger partial charge in [-0.1, -0.05) is 29.8 Å². The molecule has 9 heteroatoms. The highest BCUT2D eigenvalue weighted by atomic mass is 35.5. The van der Waals surface area contributed by atoms with Gasteiger partial charge >= 0.3 is 0 Å². The van der Waals surface area contributed by atoms with E-state index in [-0.39, 0.29) is 17.9 Å². The molecule has 1 N–H and O–H groups in total. The van der Waals surface area contributed by atoms with Crippen LogP contribution in [0.2, 0.25) is 5.02 Å². The summed E-state index contributed by atoms with van der Waals surface area (Å²) >= 11 is 6.11. The summed E-state index contributed by atoms with van der Waals surface area (Å²) in [5.41, 5.74) is 2.16. The summed E-state index contributed by atoms with van der Waals surface area (Å²) in [5, 5.41) is 23.7. The van der Waals surface area contributed by atoms with Gasteiger partial charge in [0.05, 0.1) is 12.0 Å². The van der Waals surface area contributed by atoms with Crippen LogP contribution in [0.25, 0.3) is 6.08 Å². The maximum absolute atomic E-state index is 12.7. The van der Waals surface area contributed by atoms with Gasteiger partial charge in [-0.15, -0.1) is 0 Å². The van der Waals surface area contributed by atoms with Gasteiger partial charge in [0.1, 0.15) is 29.7 Å². The van der Waals surface area contributed by atoms with Gasteiger partial charge in [0.15, 0.2) is 0 Å². The molecule has 0 radical (unpaired) electrons. The van der Waals surface area contributed by atoms with Gasteiger partial charge in [-0.2, -0.15) is 5.26 Å². The molecule has 0 fully saturated rings. The third kappa shape index (κ3) is 6.12. The average Bonchev–Trinajstić information content (AvgIpc) is 2.83. The van der Waals surface area contributed by atoms with Crippen molar-refractivity contribution in [3.05, 3.63) is 98.1 Å². The number of non-ortho nitro benzene ring substituents is 1. The Morgan fingerprint density at radius 1 is 1.21 bits per heavy atom. The van der Waals surface area contributed by atoms with E-state index >= 15 is 0 Å². The second-order valence-electron chi connectivity index (χ2n) is 7.21. The predicted molar refractivity (Wildman–Crippen MR) is 129 cm³/mol. The van der Waals surface area contributed by atoms with Crippen LogP contribution in [0.1, 0.15) is 16.7 Å². The third-order valence-corrected chi connectivity index (χ3v) is 5.24. The van der Waals surface area contributed by atoms with Gasteiger partial charge in [-0.25, -0.2) is 0 Å². The molecule has 0 saturated carbocycles. The van der Waals surface area contributed by atoms with Crippen molar-refractivity contribution in [3.8, 4) is 17.6 Å². The number of ether oxygens (including phenoxy) is 2. The van der Waals surface area contributed by atoms with Gasteiger partial charge in [-0.05, 0) is 48.4 Å². The molecule has 3 aromatic rings. The molecule has 3 rings (SSSR count). The number of halogens is 1. The summed E-state index contributed by atoms with van der Waals surface area (Å²) in [6.07, 6.45) is 1.40. The van der Waals surface area contributed by atoms with Gasteiger partial charge in [0.25, 0.3) is 11.6 Å². The molecule has 0 aromatic heterocycles. The first-order valence-electron chi connectivity index (χ1n) is 10.0. The van der Waals surface area contributed by atoms with E-state index in [9.17, 15) is 20.2 Å². The third-order valence-electron chi connectivity index (χ3n) is 4.83. The van der Waals surface area contributed by atoms with Crippen LogP contribution < -0.4 is 14.8 Å². The highest BCUT2D eigenvalue weighted by Gasteiger charge is 2.14. The molecule has 0 atom stereocenters. The van der Waals surface area contributed by atoms with Gasteiger partial charge in [-0.3, -0.25) is 14.9 Å². The van der Waals surface area contributed by atoms with Crippen LogP contribution in [0.5, 0.6) is 11.5 Å². The SMILES string of the molecule is COc1ccc(/C=C(\C#N)C(=O)Nc2ccc(C)c(Cl)c2)c(OCc2cccc([N+](=O)[O-])c2)c1. The summed E-state index contributed by atoms with van der Waals surface area (Å²) < 4.78 is 11.1. The summed E-state index contributed by atoms with van der Waals surface area (Å²) in [6, 6.07) is 17.9. The zero-order valence-electron chi connectivity index (χ0n) is 18.4. The fraction of sp³-hybridized carbons (Fsp3) is 0.120. The van der Waals surface area contributed by atoms with Crippen LogP contribution in [-0.2, 0) is 11.4 Å². The van der Waals surface area contributed by atoms with E-state index in [1.165, 1.54) is 25.3 Å². The van der Waals surface area contributed by atoms with Crippen molar-refractivity contribution >= 4 is 35.0 Å². The summed E-state index contributed by atoms with van der Waals surface area (Å²) in [6.45, 7) is 1.87. The summed E-state index contributed by atoms with van der Waals surface area (Å²) in [4.78, 5) is 23.2. The van der Waals surface area contributed by atoms with Crippen LogP contribution in [0.3, 0.4) is 0 Å². The van der Waals surface area contributed by atoms with E-state index in [4.69, 9.17) is 21.1 Å². The highest BCUT2D eigenvalue weighted by Crippen LogP contribution is 2.28. The van der Waals surface area contributed by atoms with Gasteiger partial charge in [0.2, 0.25) is 0 Å². The number of rotatable bonds is 8. The van der Waals surface area contributed by atoms with E-state index in [0.29, 0.717) is 33.3 Å². The van der Waals surface area contributed by atoms with Gasteiger partial charge in [0, 0.05) is 34.5 Å². The van der Waals surface area contributed by atoms with E-state index in [1.54, 1.807) is 48.5 Å². The molecule has 1 amide bonds. The Labute approximate surface area is 201 Å². The Kier molecular flexibility index (Phi) is 7.85. The minimum atomic E-state index is -0.608. The maximum atomic E-state index is 12.7. The monoisotopic (exact) mass is 477 g/mol. The lowest BCUT2D eigenvalue weighted by molar-refractivity contribution is -0.384. The van der Waals surface area contributed by atoms with Crippen molar-refractivity contribution in [3.63, 3.8) is 0 Å². The van der Waals surface area contributed by atoms with Crippen molar-refractivity contribution in [2.24, 2.45) is 0 Å². The number of carbonyl (C=O) groups is 1. The molecule has 0 aliphatic carbocycles. The number of nitrogens with zero attached hydrogens (tertiary/aromatic N) is 2. The van der Waals surface area contributed by atoms with Crippen molar-refractivity contribution in [1.82, 2.24) is 0 Å². The second-order valence-corrected chi connectivity index (χ2v) is 7.61. The number of nitriles is 1. The number of hydrogen-bond acceptors (Lipinski definition) is 6. The lowest BCUT2D eigenvalue weighted by atomic mass is 10.1. The van der Waals surface area contributed by atoms with Crippen LogP contribution in [0.4, 0.5) is 11.4 Å². The number of nitrogens with one attached hydrogen (secondary N) is 1. The minimum Gasteiger partial charge on any atom is -0.497 e. The van der Waals surface area contributed by atoms with Crippen LogP contribution >= 0.6 is 11.6 Å². The Bertz CT molecular complexity index is 1310. The molecule has 3 aromatic carbocycles. The Balaban J connectivity index is 1.86. The zero-order valence-corrected chi connectivity index (χ0v) is 19.1. The number of carbonyl (C=O) groups excluding carboxylic acids is 1.